The quantitative estimate of drug-likeness (QED) is 0.688. The first-order valence-electron chi connectivity index (χ1n) is 8.21. The molecular formula is C19H17BrN4S. The molecule has 0 bridgehead atoms. The number of benzene rings is 1. The molecule has 1 unspecified atom stereocenters. The number of nitrogens with one attached hydrogen (secondary N) is 1. The number of thiophene rings is 1. The first kappa shape index (κ1) is 16.5. The molecule has 1 N–H and O–H groups in total. The molecule has 0 saturated carbocycles. The first-order valence-corrected chi connectivity index (χ1v) is 9.82. The van der Waals surface area contributed by atoms with Crippen molar-refractivity contribution in [2.45, 2.75) is 25.4 Å². The molecule has 0 fully saturated rings. The Bertz CT molecular complexity index is 893. The summed E-state index contributed by atoms with van der Waals surface area (Å²) < 4.78 is 1.21. The highest BCUT2D eigenvalue weighted by atomic mass is 79.9. The zero-order valence-electron chi connectivity index (χ0n) is 13.6. The van der Waals surface area contributed by atoms with Gasteiger partial charge in [-0.3, -0.25) is 4.90 Å². The van der Waals surface area contributed by atoms with Crippen LogP contribution >= 0.6 is 27.3 Å². The monoisotopic (exact) mass is 412 g/mol. The fourth-order valence-corrected chi connectivity index (χ4v) is 5.15. The van der Waals surface area contributed by atoms with Crippen LogP contribution in [-0.2, 0) is 19.4 Å². The van der Waals surface area contributed by atoms with Crippen molar-refractivity contribution in [3.63, 3.8) is 0 Å². The molecule has 3 heterocycles. The van der Waals surface area contributed by atoms with Crippen molar-refractivity contribution >= 4 is 27.3 Å². The van der Waals surface area contributed by atoms with Crippen LogP contribution < -0.4 is 0 Å². The van der Waals surface area contributed by atoms with Gasteiger partial charge in [0, 0.05) is 24.2 Å². The molecule has 1 aliphatic rings. The van der Waals surface area contributed by atoms with Crippen molar-refractivity contribution in [2.24, 2.45) is 0 Å². The molecule has 0 spiro atoms. The third-order valence-corrected chi connectivity index (χ3v) is 6.44. The van der Waals surface area contributed by atoms with Crippen LogP contribution in [0.15, 0.2) is 46.6 Å². The average Bonchev–Trinajstić information content (AvgIpc) is 3.28. The molecule has 1 aliphatic heterocycles. The molecule has 0 radical (unpaired) electrons. The fourth-order valence-electron chi connectivity index (χ4n) is 3.41. The third-order valence-electron chi connectivity index (χ3n) is 4.70. The number of H-pyrrole nitrogens is 1. The molecule has 0 aliphatic carbocycles. The van der Waals surface area contributed by atoms with Crippen molar-refractivity contribution in [1.29, 1.82) is 5.26 Å². The van der Waals surface area contributed by atoms with E-state index in [1.54, 1.807) is 6.33 Å². The predicted molar refractivity (Wildman–Crippen MR) is 102 cm³/mol. The summed E-state index contributed by atoms with van der Waals surface area (Å²) >= 11 is 5.46. The second-order valence-corrected chi connectivity index (χ2v) is 8.77. The van der Waals surface area contributed by atoms with E-state index in [1.165, 1.54) is 19.8 Å². The summed E-state index contributed by atoms with van der Waals surface area (Å²) in [6.07, 6.45) is 5.66. The van der Waals surface area contributed by atoms with E-state index < -0.39 is 0 Å². The van der Waals surface area contributed by atoms with E-state index in [0.29, 0.717) is 5.56 Å². The number of hydrogen-bond donors (Lipinski definition) is 1. The standard InChI is InChI=1S/C19H17BrN4S/c20-19-8-15-11-24(6-5-18(15)25-19)17(16-10-22-12-23-16)7-13-1-3-14(9-21)4-2-13/h1-4,8,10,12,17H,5-7,11H2,(H,22,23). The van der Waals surface area contributed by atoms with Gasteiger partial charge in [-0.05, 0) is 58.1 Å². The normalized spacial score (nSPS) is 15.5. The first-order chi connectivity index (χ1) is 12.2. The van der Waals surface area contributed by atoms with Crippen LogP contribution in [0.4, 0.5) is 0 Å². The minimum atomic E-state index is 0.252. The van der Waals surface area contributed by atoms with E-state index in [-0.39, 0.29) is 6.04 Å². The van der Waals surface area contributed by atoms with E-state index in [1.807, 2.05) is 29.7 Å². The van der Waals surface area contributed by atoms with Crippen molar-refractivity contribution in [2.75, 3.05) is 6.54 Å². The Morgan fingerprint density at radius 1 is 1.36 bits per heavy atom. The zero-order valence-corrected chi connectivity index (χ0v) is 16.0. The van der Waals surface area contributed by atoms with E-state index >= 15 is 0 Å². The zero-order chi connectivity index (χ0) is 17.2. The Labute approximate surface area is 159 Å². The maximum atomic E-state index is 8.99. The van der Waals surface area contributed by atoms with Crippen LogP contribution in [0.2, 0.25) is 0 Å². The Morgan fingerprint density at radius 3 is 2.92 bits per heavy atom. The Morgan fingerprint density at radius 2 is 2.20 bits per heavy atom. The molecule has 4 rings (SSSR count). The van der Waals surface area contributed by atoms with Crippen LogP contribution in [0.25, 0.3) is 0 Å². The number of halogens is 1. The lowest BCUT2D eigenvalue weighted by molar-refractivity contribution is 0.176. The largest absolute Gasteiger partial charge is 0.347 e. The Balaban J connectivity index is 1.60. The number of nitrogens with zero attached hydrogens (tertiary/aromatic N) is 3. The number of nitriles is 1. The summed E-state index contributed by atoms with van der Waals surface area (Å²) in [5.74, 6) is 0. The maximum absolute atomic E-state index is 8.99. The van der Waals surface area contributed by atoms with Crippen molar-refractivity contribution in [3.8, 4) is 6.07 Å². The summed E-state index contributed by atoms with van der Waals surface area (Å²) in [7, 11) is 0. The number of aromatic amines is 1. The van der Waals surface area contributed by atoms with Crippen molar-refractivity contribution < 1.29 is 0 Å². The second-order valence-electron chi connectivity index (χ2n) is 6.26. The molecule has 2 aromatic heterocycles. The van der Waals surface area contributed by atoms with Gasteiger partial charge in [0.25, 0.3) is 0 Å². The lowest BCUT2D eigenvalue weighted by Gasteiger charge is -2.34. The number of fused-ring (bicyclic) bond motifs is 1. The van der Waals surface area contributed by atoms with Crippen LogP contribution in [0.5, 0.6) is 0 Å². The highest BCUT2D eigenvalue weighted by molar-refractivity contribution is 9.11. The molecule has 3 aromatic rings. The number of hydrogen-bond acceptors (Lipinski definition) is 4. The summed E-state index contributed by atoms with van der Waals surface area (Å²) in [6.45, 7) is 2.00. The molecule has 0 amide bonds. The molecule has 0 saturated heterocycles. The van der Waals surface area contributed by atoms with Crippen LogP contribution in [0.1, 0.15) is 33.3 Å². The predicted octanol–water partition coefficient (Wildman–Crippen LogP) is 4.45. The van der Waals surface area contributed by atoms with Gasteiger partial charge in [0.15, 0.2) is 0 Å². The Hall–Kier alpha value is -1.94. The van der Waals surface area contributed by atoms with Crippen molar-refractivity contribution in [1.82, 2.24) is 14.9 Å². The second kappa shape index (κ2) is 7.12. The Kier molecular flexibility index (Phi) is 4.71. The number of rotatable bonds is 4. The van der Waals surface area contributed by atoms with Crippen LogP contribution in [-0.4, -0.2) is 21.4 Å². The van der Waals surface area contributed by atoms with Gasteiger partial charge in [0.2, 0.25) is 0 Å². The van der Waals surface area contributed by atoms with Crippen LogP contribution in [0, 0.1) is 11.3 Å². The fraction of sp³-hybridized carbons (Fsp3) is 0.263. The van der Waals surface area contributed by atoms with E-state index in [2.05, 4.69) is 55.1 Å². The van der Waals surface area contributed by atoms with E-state index in [4.69, 9.17) is 5.26 Å². The van der Waals surface area contributed by atoms with Gasteiger partial charge in [-0.1, -0.05) is 12.1 Å². The molecule has 1 atom stereocenters. The topological polar surface area (TPSA) is 55.7 Å². The maximum Gasteiger partial charge on any atom is 0.0991 e. The molecule has 25 heavy (non-hydrogen) atoms. The van der Waals surface area contributed by atoms with Gasteiger partial charge in [-0.25, -0.2) is 4.98 Å². The number of imidazole rings is 1. The van der Waals surface area contributed by atoms with Gasteiger partial charge >= 0.3 is 0 Å². The van der Waals surface area contributed by atoms with Crippen molar-refractivity contribution in [3.05, 3.63) is 73.9 Å². The highest BCUT2D eigenvalue weighted by Crippen LogP contribution is 2.35. The molecule has 6 heteroatoms. The average molecular weight is 413 g/mol. The SMILES string of the molecule is N#Cc1ccc(CC(c2cnc[nH]2)N2CCc3sc(Br)cc3C2)cc1. The lowest BCUT2D eigenvalue weighted by atomic mass is 9.98. The minimum absolute atomic E-state index is 0.252. The van der Waals surface area contributed by atoms with Gasteiger partial charge in [0.05, 0.1) is 33.5 Å². The van der Waals surface area contributed by atoms with Crippen LogP contribution in [0.3, 0.4) is 0 Å². The third kappa shape index (κ3) is 3.54. The molecule has 1 aromatic carbocycles. The molecule has 4 nitrogen and oxygen atoms in total. The van der Waals surface area contributed by atoms with E-state index in [0.717, 1.165) is 31.6 Å². The van der Waals surface area contributed by atoms with Gasteiger partial charge in [0.1, 0.15) is 0 Å². The molecular weight excluding hydrogens is 396 g/mol. The minimum Gasteiger partial charge on any atom is -0.347 e. The van der Waals surface area contributed by atoms with E-state index in [9.17, 15) is 0 Å². The summed E-state index contributed by atoms with van der Waals surface area (Å²) in [5, 5.41) is 8.99. The van der Waals surface area contributed by atoms with Gasteiger partial charge in [-0.2, -0.15) is 5.26 Å². The summed E-state index contributed by atoms with van der Waals surface area (Å²) in [6, 6.07) is 12.6. The lowest BCUT2D eigenvalue weighted by Crippen LogP contribution is -2.34. The summed E-state index contributed by atoms with van der Waals surface area (Å²) in [4.78, 5) is 11.5. The molecule has 126 valence electrons. The highest BCUT2D eigenvalue weighted by Gasteiger charge is 2.27. The van der Waals surface area contributed by atoms with Gasteiger partial charge in [-0.15, -0.1) is 11.3 Å². The number of aromatic nitrogens is 2. The summed E-state index contributed by atoms with van der Waals surface area (Å²) in [5.41, 5.74) is 4.50. The van der Waals surface area contributed by atoms with Gasteiger partial charge < -0.3 is 4.98 Å². The smallest absolute Gasteiger partial charge is 0.0991 e.